The molecule has 2 rings (SSSR count). The molecule has 0 aliphatic rings. The number of aromatic amines is 1. The highest BCUT2D eigenvalue weighted by Crippen LogP contribution is 2.28. The van der Waals surface area contributed by atoms with Gasteiger partial charge in [0.1, 0.15) is 5.75 Å². The Morgan fingerprint density at radius 1 is 1.37 bits per heavy atom. The van der Waals surface area contributed by atoms with Gasteiger partial charge in [-0.05, 0) is 27.0 Å². The first-order valence-corrected chi connectivity index (χ1v) is 6.45. The van der Waals surface area contributed by atoms with E-state index < -0.39 is 0 Å². The van der Waals surface area contributed by atoms with Gasteiger partial charge in [0, 0.05) is 23.8 Å². The lowest BCUT2D eigenvalue weighted by Gasteiger charge is -2.25. The van der Waals surface area contributed by atoms with E-state index in [9.17, 15) is 0 Å². The predicted octanol–water partition coefficient (Wildman–Crippen LogP) is 2.92. The number of ether oxygens (including phenoxy) is 1. The third kappa shape index (κ3) is 2.96. The number of rotatable bonds is 5. The van der Waals surface area contributed by atoms with Crippen LogP contribution in [0.15, 0.2) is 30.6 Å². The van der Waals surface area contributed by atoms with Crippen LogP contribution in [0.3, 0.4) is 0 Å². The lowest BCUT2D eigenvalue weighted by Crippen LogP contribution is -2.23. The average molecular weight is 259 g/mol. The van der Waals surface area contributed by atoms with E-state index in [4.69, 9.17) is 4.74 Å². The van der Waals surface area contributed by atoms with Crippen molar-refractivity contribution in [1.82, 2.24) is 14.9 Å². The van der Waals surface area contributed by atoms with Gasteiger partial charge in [-0.2, -0.15) is 0 Å². The lowest BCUT2D eigenvalue weighted by molar-refractivity contribution is 0.244. The molecule has 2 aromatic rings. The van der Waals surface area contributed by atoms with Gasteiger partial charge in [-0.15, -0.1) is 0 Å². The highest BCUT2D eigenvalue weighted by molar-refractivity contribution is 5.35. The number of aryl methyl sites for hydroxylation is 1. The second-order valence-electron chi connectivity index (χ2n) is 4.81. The number of aromatic nitrogens is 2. The van der Waals surface area contributed by atoms with E-state index in [1.807, 2.05) is 25.1 Å². The summed E-state index contributed by atoms with van der Waals surface area (Å²) in [7, 11) is 3.81. The molecule has 4 heteroatoms. The molecule has 0 saturated heterocycles. The van der Waals surface area contributed by atoms with Crippen LogP contribution in [-0.4, -0.2) is 29.0 Å². The molecule has 4 nitrogen and oxygen atoms in total. The molecule has 102 valence electrons. The normalized spacial score (nSPS) is 12.7. The fraction of sp³-hybridized carbons (Fsp3) is 0.400. The van der Waals surface area contributed by atoms with E-state index in [1.165, 1.54) is 5.56 Å². The Bertz CT molecular complexity index is 536. The smallest absolute Gasteiger partial charge is 0.123 e. The third-order valence-electron chi connectivity index (χ3n) is 3.58. The van der Waals surface area contributed by atoms with E-state index in [0.29, 0.717) is 0 Å². The fourth-order valence-electron chi connectivity index (χ4n) is 2.17. The molecule has 0 amide bonds. The summed E-state index contributed by atoms with van der Waals surface area (Å²) in [5.41, 5.74) is 3.41. The van der Waals surface area contributed by atoms with Crippen LogP contribution in [0.1, 0.15) is 29.9 Å². The number of benzene rings is 1. The SMILES string of the molecule is COc1ccccc1C(C)N(C)Cc1nc[nH]c1C. The summed E-state index contributed by atoms with van der Waals surface area (Å²) in [4.78, 5) is 9.72. The van der Waals surface area contributed by atoms with Crippen molar-refractivity contribution in [3.8, 4) is 5.75 Å². The Morgan fingerprint density at radius 2 is 2.11 bits per heavy atom. The maximum Gasteiger partial charge on any atom is 0.123 e. The molecule has 0 radical (unpaired) electrons. The molecule has 0 spiro atoms. The Morgan fingerprint density at radius 3 is 2.74 bits per heavy atom. The molecule has 1 N–H and O–H groups in total. The van der Waals surface area contributed by atoms with E-state index in [2.05, 4.69) is 34.9 Å². The maximum atomic E-state index is 5.43. The van der Waals surface area contributed by atoms with Crippen molar-refractivity contribution in [3.05, 3.63) is 47.5 Å². The molecular formula is C15H21N3O. The summed E-state index contributed by atoms with van der Waals surface area (Å²) < 4.78 is 5.43. The second-order valence-corrected chi connectivity index (χ2v) is 4.81. The van der Waals surface area contributed by atoms with Crippen molar-refractivity contribution in [2.75, 3.05) is 14.2 Å². The average Bonchev–Trinajstić information content (AvgIpc) is 2.83. The van der Waals surface area contributed by atoms with Crippen molar-refractivity contribution >= 4 is 0 Å². The fourth-order valence-corrected chi connectivity index (χ4v) is 2.17. The molecule has 1 aromatic carbocycles. The molecule has 0 saturated carbocycles. The van der Waals surface area contributed by atoms with Gasteiger partial charge in [0.2, 0.25) is 0 Å². The van der Waals surface area contributed by atoms with Crippen molar-refractivity contribution in [2.45, 2.75) is 26.4 Å². The number of H-pyrrole nitrogens is 1. The molecule has 1 atom stereocenters. The van der Waals surface area contributed by atoms with Crippen LogP contribution in [0.5, 0.6) is 5.75 Å². The van der Waals surface area contributed by atoms with Crippen LogP contribution in [-0.2, 0) is 6.54 Å². The van der Waals surface area contributed by atoms with Crippen LogP contribution in [0.2, 0.25) is 0 Å². The zero-order chi connectivity index (χ0) is 13.8. The van der Waals surface area contributed by atoms with E-state index in [1.54, 1.807) is 13.4 Å². The minimum absolute atomic E-state index is 0.271. The molecule has 1 heterocycles. The summed E-state index contributed by atoms with van der Waals surface area (Å²) in [5.74, 6) is 0.931. The van der Waals surface area contributed by atoms with Gasteiger partial charge in [-0.25, -0.2) is 4.98 Å². The standard InChI is InChI=1S/C15H21N3O/c1-11-14(17-10-16-11)9-18(3)12(2)13-7-5-6-8-15(13)19-4/h5-8,10,12H,9H2,1-4H3,(H,16,17). The zero-order valence-electron chi connectivity index (χ0n) is 12.0. The molecule has 19 heavy (non-hydrogen) atoms. The van der Waals surface area contributed by atoms with Gasteiger partial charge in [-0.3, -0.25) is 4.90 Å². The van der Waals surface area contributed by atoms with Gasteiger partial charge < -0.3 is 9.72 Å². The van der Waals surface area contributed by atoms with Crippen molar-refractivity contribution in [3.63, 3.8) is 0 Å². The Hall–Kier alpha value is -1.81. The highest BCUT2D eigenvalue weighted by Gasteiger charge is 2.17. The molecule has 1 aromatic heterocycles. The first kappa shape index (κ1) is 13.6. The Balaban J connectivity index is 2.14. The minimum atomic E-state index is 0.271. The number of para-hydroxylation sites is 1. The van der Waals surface area contributed by atoms with E-state index in [-0.39, 0.29) is 6.04 Å². The topological polar surface area (TPSA) is 41.1 Å². The summed E-state index contributed by atoms with van der Waals surface area (Å²) >= 11 is 0. The number of nitrogens with one attached hydrogen (secondary N) is 1. The predicted molar refractivity (Wildman–Crippen MR) is 76.2 cm³/mol. The summed E-state index contributed by atoms with van der Waals surface area (Å²) in [6.07, 6.45) is 1.74. The Kier molecular flexibility index (Phi) is 4.22. The zero-order valence-corrected chi connectivity index (χ0v) is 12.0. The van der Waals surface area contributed by atoms with Gasteiger partial charge in [0.15, 0.2) is 0 Å². The maximum absolute atomic E-state index is 5.43. The van der Waals surface area contributed by atoms with Gasteiger partial charge >= 0.3 is 0 Å². The first-order chi connectivity index (χ1) is 9.13. The largest absolute Gasteiger partial charge is 0.496 e. The number of methoxy groups -OCH3 is 1. The first-order valence-electron chi connectivity index (χ1n) is 6.45. The van der Waals surface area contributed by atoms with Gasteiger partial charge in [-0.1, -0.05) is 18.2 Å². The monoisotopic (exact) mass is 259 g/mol. The highest BCUT2D eigenvalue weighted by atomic mass is 16.5. The number of hydrogen-bond donors (Lipinski definition) is 1. The van der Waals surface area contributed by atoms with Crippen LogP contribution in [0, 0.1) is 6.92 Å². The molecule has 0 bridgehead atoms. The molecule has 1 unspecified atom stereocenters. The molecule has 0 aliphatic carbocycles. The van der Waals surface area contributed by atoms with Gasteiger partial charge in [0.25, 0.3) is 0 Å². The lowest BCUT2D eigenvalue weighted by atomic mass is 10.1. The van der Waals surface area contributed by atoms with Crippen molar-refractivity contribution < 1.29 is 4.74 Å². The second kappa shape index (κ2) is 5.89. The van der Waals surface area contributed by atoms with E-state index in [0.717, 1.165) is 23.7 Å². The summed E-state index contributed by atoms with van der Waals surface area (Å²) in [5, 5.41) is 0. The van der Waals surface area contributed by atoms with Gasteiger partial charge in [0.05, 0.1) is 19.1 Å². The van der Waals surface area contributed by atoms with E-state index >= 15 is 0 Å². The van der Waals surface area contributed by atoms with Crippen LogP contribution < -0.4 is 4.74 Å². The summed E-state index contributed by atoms with van der Waals surface area (Å²) in [6.45, 7) is 5.04. The Labute approximate surface area is 114 Å². The third-order valence-corrected chi connectivity index (χ3v) is 3.58. The van der Waals surface area contributed by atoms with Crippen LogP contribution in [0.4, 0.5) is 0 Å². The number of nitrogens with zero attached hydrogens (tertiary/aromatic N) is 2. The van der Waals surface area contributed by atoms with Crippen molar-refractivity contribution in [1.29, 1.82) is 0 Å². The minimum Gasteiger partial charge on any atom is -0.496 e. The number of hydrogen-bond acceptors (Lipinski definition) is 3. The van der Waals surface area contributed by atoms with Crippen molar-refractivity contribution in [2.24, 2.45) is 0 Å². The summed E-state index contributed by atoms with van der Waals surface area (Å²) in [6, 6.07) is 8.42. The quantitative estimate of drug-likeness (QED) is 0.897. The van der Waals surface area contributed by atoms with Crippen LogP contribution >= 0.6 is 0 Å². The number of imidazole rings is 1. The molecule has 0 aliphatic heterocycles. The molecular weight excluding hydrogens is 238 g/mol. The van der Waals surface area contributed by atoms with Crippen LogP contribution in [0.25, 0.3) is 0 Å². The molecule has 0 fully saturated rings.